The smallest absolute Gasteiger partial charge is 0.339 e. The zero-order valence-corrected chi connectivity index (χ0v) is 11.4. The van der Waals surface area contributed by atoms with Gasteiger partial charge in [-0.2, -0.15) is 0 Å². The number of nitrogens with one attached hydrogen (secondary N) is 1. The van der Waals surface area contributed by atoms with Gasteiger partial charge in [0.05, 0.1) is 19.2 Å². The van der Waals surface area contributed by atoms with Gasteiger partial charge in [0, 0.05) is 11.5 Å². The van der Waals surface area contributed by atoms with Gasteiger partial charge in [0.15, 0.2) is 17.2 Å². The third kappa shape index (κ3) is 3.05. The van der Waals surface area contributed by atoms with Crippen LogP contribution in [0.25, 0.3) is 10.9 Å². The van der Waals surface area contributed by atoms with Crippen molar-refractivity contribution in [1.29, 1.82) is 0 Å². The number of nitrogens with zero attached hydrogens (tertiary/aromatic N) is 2. The summed E-state index contributed by atoms with van der Waals surface area (Å²) in [5.74, 6) is -2.72. The fraction of sp³-hybridized carbons (Fsp3) is 0.308. The Morgan fingerprint density at radius 1 is 1.38 bits per heavy atom. The first-order chi connectivity index (χ1) is 9.85. The molecule has 0 radical (unpaired) electrons. The van der Waals surface area contributed by atoms with Gasteiger partial charge in [-0.15, -0.1) is 0 Å². The Kier molecular flexibility index (Phi) is 3.99. The molecule has 2 N–H and O–H groups in total. The molecule has 1 aromatic carbocycles. The van der Waals surface area contributed by atoms with Gasteiger partial charge in [-0.3, -0.25) is 0 Å². The second kappa shape index (κ2) is 5.57. The average molecular weight is 297 g/mol. The molecule has 2 rings (SSSR count). The molecule has 1 heterocycles. The molecule has 0 aliphatic rings. The van der Waals surface area contributed by atoms with Crippen molar-refractivity contribution in [3.05, 3.63) is 30.1 Å². The maximum Gasteiger partial charge on any atom is 0.339 e. The second-order valence-electron chi connectivity index (χ2n) is 4.62. The Labute approximate surface area is 118 Å². The summed E-state index contributed by atoms with van der Waals surface area (Å²) in [6.45, 7) is 1.04. The number of carbonyl (C=O) groups is 1. The molecule has 0 amide bonds. The van der Waals surface area contributed by atoms with Crippen molar-refractivity contribution in [3.63, 3.8) is 0 Å². The summed E-state index contributed by atoms with van der Waals surface area (Å²) >= 11 is 0. The molecule has 0 aliphatic carbocycles. The Morgan fingerprint density at radius 3 is 2.71 bits per heavy atom. The quantitative estimate of drug-likeness (QED) is 0.826. The fourth-order valence-corrected chi connectivity index (χ4v) is 1.74. The summed E-state index contributed by atoms with van der Waals surface area (Å²) < 4.78 is 30.9. The Balaban J connectivity index is 2.31. The predicted octanol–water partition coefficient (Wildman–Crippen LogP) is 1.24. The third-order valence-electron chi connectivity index (χ3n) is 2.90. The predicted molar refractivity (Wildman–Crippen MR) is 70.6 cm³/mol. The van der Waals surface area contributed by atoms with Crippen molar-refractivity contribution in [1.82, 2.24) is 9.97 Å². The SMILES string of the molecule is COC(=O)[C@@](C)(O)CNc1ncnc2cc(F)c(F)cc12. The summed E-state index contributed by atoms with van der Waals surface area (Å²) in [5, 5.41) is 12.8. The lowest BCUT2D eigenvalue weighted by Gasteiger charge is -2.21. The van der Waals surface area contributed by atoms with Crippen LogP contribution >= 0.6 is 0 Å². The lowest BCUT2D eigenvalue weighted by atomic mass is 10.1. The molecule has 6 nitrogen and oxygen atoms in total. The van der Waals surface area contributed by atoms with Gasteiger partial charge in [0.2, 0.25) is 0 Å². The number of hydrogen-bond acceptors (Lipinski definition) is 6. The highest BCUT2D eigenvalue weighted by molar-refractivity contribution is 5.89. The fourth-order valence-electron chi connectivity index (χ4n) is 1.74. The van der Waals surface area contributed by atoms with Gasteiger partial charge in [-0.1, -0.05) is 0 Å². The van der Waals surface area contributed by atoms with E-state index >= 15 is 0 Å². The van der Waals surface area contributed by atoms with E-state index in [1.807, 2.05) is 0 Å². The molecular weight excluding hydrogens is 284 g/mol. The van der Waals surface area contributed by atoms with Gasteiger partial charge in [-0.05, 0) is 13.0 Å². The summed E-state index contributed by atoms with van der Waals surface area (Å²) in [6.07, 6.45) is 1.16. The maximum atomic E-state index is 13.3. The number of aromatic nitrogens is 2. The van der Waals surface area contributed by atoms with Gasteiger partial charge in [0.25, 0.3) is 0 Å². The first-order valence-electron chi connectivity index (χ1n) is 5.99. The second-order valence-corrected chi connectivity index (χ2v) is 4.62. The number of rotatable bonds is 4. The molecule has 112 valence electrons. The Morgan fingerprint density at radius 2 is 2.05 bits per heavy atom. The minimum absolute atomic E-state index is 0.170. The van der Waals surface area contributed by atoms with E-state index in [9.17, 15) is 18.7 Å². The van der Waals surface area contributed by atoms with Crippen LogP contribution in [0.15, 0.2) is 18.5 Å². The molecule has 0 saturated carbocycles. The Hall–Kier alpha value is -2.35. The molecule has 2 aromatic rings. The van der Waals surface area contributed by atoms with E-state index in [1.54, 1.807) is 0 Å². The van der Waals surface area contributed by atoms with Crippen LogP contribution in [0, 0.1) is 11.6 Å². The standard InChI is InChI=1S/C13H13F2N3O3/c1-13(20,12(19)21-2)5-16-11-7-3-8(14)9(15)4-10(7)17-6-18-11/h3-4,6,20H,5H2,1-2H3,(H,16,17,18)/t13-/m0/s1. The molecule has 1 atom stereocenters. The number of ether oxygens (including phenoxy) is 1. The minimum Gasteiger partial charge on any atom is -0.467 e. The molecule has 0 fully saturated rings. The van der Waals surface area contributed by atoms with Gasteiger partial charge >= 0.3 is 5.97 Å². The van der Waals surface area contributed by atoms with E-state index < -0.39 is 23.2 Å². The van der Waals surface area contributed by atoms with Crippen LogP contribution in [0.5, 0.6) is 0 Å². The molecular formula is C13H13F2N3O3. The number of aliphatic hydroxyl groups is 1. The highest BCUT2D eigenvalue weighted by Crippen LogP contribution is 2.22. The van der Waals surface area contributed by atoms with Crippen molar-refractivity contribution in [2.24, 2.45) is 0 Å². The summed E-state index contributed by atoms with van der Waals surface area (Å²) in [6, 6.07) is 1.88. The molecule has 0 spiro atoms. The largest absolute Gasteiger partial charge is 0.467 e. The first kappa shape index (κ1) is 15.0. The van der Waals surface area contributed by atoms with Crippen LogP contribution in [0.1, 0.15) is 6.92 Å². The highest BCUT2D eigenvalue weighted by atomic mass is 19.2. The van der Waals surface area contributed by atoms with E-state index in [-0.39, 0.29) is 23.3 Å². The van der Waals surface area contributed by atoms with Crippen LogP contribution in [0.3, 0.4) is 0 Å². The number of methoxy groups -OCH3 is 1. The molecule has 0 bridgehead atoms. The number of carbonyl (C=O) groups excluding carboxylic acids is 1. The Bertz CT molecular complexity index is 692. The van der Waals surface area contributed by atoms with Gasteiger partial charge < -0.3 is 15.2 Å². The topological polar surface area (TPSA) is 84.3 Å². The molecule has 0 aliphatic heterocycles. The van der Waals surface area contributed by atoms with Crippen LogP contribution in [0.2, 0.25) is 0 Å². The normalized spacial score (nSPS) is 13.8. The number of fused-ring (bicyclic) bond motifs is 1. The molecule has 1 aromatic heterocycles. The molecule has 0 unspecified atom stereocenters. The van der Waals surface area contributed by atoms with Crippen molar-refractivity contribution >= 4 is 22.7 Å². The van der Waals surface area contributed by atoms with Crippen LogP contribution in [-0.4, -0.2) is 40.3 Å². The summed E-state index contributed by atoms with van der Waals surface area (Å²) in [5.41, 5.74) is -1.59. The zero-order valence-electron chi connectivity index (χ0n) is 11.4. The van der Waals surface area contributed by atoms with Crippen LogP contribution in [0.4, 0.5) is 14.6 Å². The third-order valence-corrected chi connectivity index (χ3v) is 2.90. The highest BCUT2D eigenvalue weighted by Gasteiger charge is 2.31. The van der Waals surface area contributed by atoms with E-state index in [0.29, 0.717) is 0 Å². The zero-order chi connectivity index (χ0) is 15.6. The first-order valence-corrected chi connectivity index (χ1v) is 5.99. The maximum absolute atomic E-state index is 13.3. The summed E-state index contributed by atoms with van der Waals surface area (Å²) in [7, 11) is 1.15. The van der Waals surface area contributed by atoms with Crippen molar-refractivity contribution < 1.29 is 23.4 Å². The van der Waals surface area contributed by atoms with Crippen molar-refractivity contribution in [3.8, 4) is 0 Å². The van der Waals surface area contributed by atoms with Gasteiger partial charge in [-0.25, -0.2) is 23.5 Å². The number of esters is 1. The minimum atomic E-state index is -1.79. The van der Waals surface area contributed by atoms with Crippen molar-refractivity contribution in [2.75, 3.05) is 19.0 Å². The molecule has 21 heavy (non-hydrogen) atoms. The number of halogens is 2. The number of hydrogen-bond donors (Lipinski definition) is 2. The van der Waals surface area contributed by atoms with Crippen LogP contribution < -0.4 is 5.32 Å². The molecule has 0 saturated heterocycles. The summed E-state index contributed by atoms with van der Waals surface area (Å²) in [4.78, 5) is 19.1. The monoisotopic (exact) mass is 297 g/mol. The lowest BCUT2D eigenvalue weighted by molar-refractivity contribution is -0.158. The van der Waals surface area contributed by atoms with Gasteiger partial charge in [0.1, 0.15) is 12.1 Å². The van der Waals surface area contributed by atoms with E-state index in [2.05, 4.69) is 20.0 Å². The average Bonchev–Trinajstić information content (AvgIpc) is 2.45. The van der Waals surface area contributed by atoms with E-state index in [4.69, 9.17) is 0 Å². The molecule has 8 heteroatoms. The van der Waals surface area contributed by atoms with Crippen LogP contribution in [-0.2, 0) is 9.53 Å². The number of benzene rings is 1. The van der Waals surface area contributed by atoms with E-state index in [0.717, 1.165) is 25.6 Å². The van der Waals surface area contributed by atoms with Crippen molar-refractivity contribution in [2.45, 2.75) is 12.5 Å². The number of anilines is 1. The lowest BCUT2D eigenvalue weighted by Crippen LogP contribution is -2.43. The van der Waals surface area contributed by atoms with E-state index in [1.165, 1.54) is 6.92 Å².